The van der Waals surface area contributed by atoms with Crippen molar-refractivity contribution >= 4 is 11.7 Å². The number of nitrogens with one attached hydrogen (secondary N) is 1. The fourth-order valence-electron chi connectivity index (χ4n) is 3.44. The number of carbonyl (C=O) groups excluding carboxylic acids is 1. The number of hydrogen-bond donors (Lipinski definition) is 2. The van der Waals surface area contributed by atoms with Crippen LogP contribution in [-0.4, -0.2) is 17.2 Å². The van der Waals surface area contributed by atoms with Gasteiger partial charge in [0.1, 0.15) is 0 Å². The molecule has 2 amide bonds. The zero-order chi connectivity index (χ0) is 21.3. The lowest BCUT2D eigenvalue weighted by atomic mass is 9.91. The molecule has 2 N–H and O–H groups in total. The van der Waals surface area contributed by atoms with E-state index in [1.165, 1.54) is 19.1 Å². The van der Waals surface area contributed by atoms with Gasteiger partial charge in [0.15, 0.2) is 0 Å². The van der Waals surface area contributed by atoms with Gasteiger partial charge in [0.25, 0.3) is 0 Å². The molecule has 0 aromatic heterocycles. The molecule has 2 atom stereocenters. The first-order valence-corrected chi connectivity index (χ1v) is 8.80. The Kier molecular flexibility index (Phi) is 5.36. The molecule has 0 aliphatic carbocycles. The van der Waals surface area contributed by atoms with Gasteiger partial charge in [0, 0.05) is 11.3 Å². The predicted molar refractivity (Wildman–Crippen MR) is 101 cm³/mol. The number of nitriles is 1. The van der Waals surface area contributed by atoms with Crippen LogP contribution in [-0.2, 0) is 6.18 Å². The summed E-state index contributed by atoms with van der Waals surface area (Å²) in [6.45, 7) is 3.11. The van der Waals surface area contributed by atoms with Gasteiger partial charge in [-0.05, 0) is 49.7 Å². The van der Waals surface area contributed by atoms with Gasteiger partial charge in [-0.15, -0.1) is 0 Å². The Hall–Kier alpha value is -3.31. The van der Waals surface area contributed by atoms with Gasteiger partial charge >= 0.3 is 12.2 Å². The maximum absolute atomic E-state index is 13.1. The van der Waals surface area contributed by atoms with Gasteiger partial charge in [-0.25, -0.2) is 4.79 Å². The first-order valence-electron chi connectivity index (χ1n) is 8.80. The van der Waals surface area contributed by atoms with E-state index in [0.717, 1.165) is 17.0 Å². The van der Waals surface area contributed by atoms with Crippen molar-refractivity contribution < 1.29 is 23.1 Å². The Bertz CT molecular complexity index is 1010. The maximum atomic E-state index is 13.1. The number of urea groups is 1. The molecule has 1 unspecified atom stereocenters. The van der Waals surface area contributed by atoms with Gasteiger partial charge < -0.3 is 10.4 Å². The second-order valence-electron chi connectivity index (χ2n) is 6.72. The van der Waals surface area contributed by atoms with Crippen LogP contribution in [0.2, 0.25) is 0 Å². The normalized spacial score (nSPS) is 18.3. The second-order valence-corrected chi connectivity index (χ2v) is 6.72. The summed E-state index contributed by atoms with van der Waals surface area (Å²) in [5, 5.41) is 22.0. The average molecular weight is 401 g/mol. The summed E-state index contributed by atoms with van der Waals surface area (Å²) in [5.41, 5.74) is 1.07. The zero-order valence-corrected chi connectivity index (χ0v) is 15.7. The number of rotatable bonds is 3. The van der Waals surface area contributed by atoms with E-state index in [4.69, 9.17) is 5.26 Å². The third-order valence-corrected chi connectivity index (χ3v) is 4.79. The molecule has 5 nitrogen and oxygen atoms in total. The minimum atomic E-state index is -4.54. The largest absolute Gasteiger partial charge is 0.416 e. The van der Waals surface area contributed by atoms with E-state index in [0.29, 0.717) is 22.4 Å². The molecule has 2 aromatic carbocycles. The molecule has 0 saturated carbocycles. The summed E-state index contributed by atoms with van der Waals surface area (Å²) in [4.78, 5) is 13.9. The molecule has 0 fully saturated rings. The number of amides is 2. The van der Waals surface area contributed by atoms with E-state index >= 15 is 0 Å². The van der Waals surface area contributed by atoms with E-state index in [1.807, 2.05) is 6.07 Å². The van der Waals surface area contributed by atoms with Crippen LogP contribution in [0.5, 0.6) is 0 Å². The van der Waals surface area contributed by atoms with Crippen molar-refractivity contribution in [1.82, 2.24) is 5.32 Å². The Morgan fingerprint density at radius 3 is 2.41 bits per heavy atom. The van der Waals surface area contributed by atoms with Gasteiger partial charge in [0.05, 0.1) is 35.0 Å². The molecule has 0 spiro atoms. The second kappa shape index (κ2) is 7.60. The monoisotopic (exact) mass is 401 g/mol. The Morgan fingerprint density at radius 2 is 1.86 bits per heavy atom. The molecule has 0 saturated heterocycles. The number of halogens is 3. The number of aliphatic hydroxyl groups excluding tert-OH is 1. The Labute approximate surface area is 165 Å². The Morgan fingerprint density at radius 1 is 1.21 bits per heavy atom. The van der Waals surface area contributed by atoms with Crippen molar-refractivity contribution in [2.24, 2.45) is 0 Å². The number of anilines is 1. The van der Waals surface area contributed by atoms with Crippen molar-refractivity contribution in [2.75, 3.05) is 4.90 Å². The molecule has 0 radical (unpaired) electrons. The average Bonchev–Trinajstić information content (AvgIpc) is 2.67. The summed E-state index contributed by atoms with van der Waals surface area (Å²) in [6, 6.07) is 11.7. The smallest absolute Gasteiger partial charge is 0.389 e. The third-order valence-electron chi connectivity index (χ3n) is 4.79. The number of benzene rings is 2. The number of nitrogens with zero attached hydrogens (tertiary/aromatic N) is 2. The molecular weight excluding hydrogens is 383 g/mol. The molecular formula is C21H18F3N3O2. The quantitative estimate of drug-likeness (QED) is 0.795. The van der Waals surface area contributed by atoms with Crippen molar-refractivity contribution in [3.05, 3.63) is 76.5 Å². The minimum Gasteiger partial charge on any atom is -0.389 e. The van der Waals surface area contributed by atoms with Crippen LogP contribution in [0.4, 0.5) is 23.7 Å². The highest BCUT2D eigenvalue weighted by molar-refractivity contribution is 5.97. The molecule has 0 bridgehead atoms. The van der Waals surface area contributed by atoms with Crippen LogP contribution in [0.15, 0.2) is 59.8 Å². The van der Waals surface area contributed by atoms with Gasteiger partial charge in [-0.1, -0.05) is 18.2 Å². The number of carbonyl (C=O) groups is 1. The van der Waals surface area contributed by atoms with Crippen LogP contribution < -0.4 is 10.2 Å². The van der Waals surface area contributed by atoms with Crippen molar-refractivity contribution in [3.8, 4) is 6.07 Å². The highest BCUT2D eigenvalue weighted by Gasteiger charge is 2.36. The molecule has 1 aliphatic heterocycles. The van der Waals surface area contributed by atoms with E-state index in [9.17, 15) is 23.1 Å². The van der Waals surface area contributed by atoms with Crippen LogP contribution in [0.3, 0.4) is 0 Å². The van der Waals surface area contributed by atoms with E-state index in [2.05, 4.69) is 5.32 Å². The number of aliphatic hydroxyl groups is 1. The standard InChI is InChI=1S/C21H18F3N3O2/c1-12-18(13(2)28)19(15-8-6-14(11-25)7-9-15)26-20(29)27(12)17-5-3-4-16(10-17)21(22,23)24/h3-10,13,19,28H,1-2H3,(H,26,29)/t13?,19-/m1/s1. The summed E-state index contributed by atoms with van der Waals surface area (Å²) >= 11 is 0. The molecule has 2 aromatic rings. The van der Waals surface area contributed by atoms with Crippen molar-refractivity contribution in [1.29, 1.82) is 5.26 Å². The molecule has 1 heterocycles. The SMILES string of the molecule is CC1=C(C(C)O)[C@@H](c2ccc(C#N)cc2)NC(=O)N1c1cccc(C(F)(F)F)c1. The van der Waals surface area contributed by atoms with Crippen molar-refractivity contribution in [3.63, 3.8) is 0 Å². The molecule has 3 rings (SSSR count). The lowest BCUT2D eigenvalue weighted by Crippen LogP contribution is -2.48. The van der Waals surface area contributed by atoms with Gasteiger partial charge in [-0.2, -0.15) is 18.4 Å². The fourth-order valence-corrected chi connectivity index (χ4v) is 3.44. The Balaban J connectivity index is 2.09. The summed E-state index contributed by atoms with van der Waals surface area (Å²) < 4.78 is 39.3. The van der Waals surface area contributed by atoms with E-state index in [1.54, 1.807) is 31.2 Å². The fraction of sp³-hybridized carbons (Fsp3) is 0.238. The van der Waals surface area contributed by atoms with E-state index < -0.39 is 29.9 Å². The first-order chi connectivity index (χ1) is 13.6. The highest BCUT2D eigenvalue weighted by Crippen LogP contribution is 2.37. The molecule has 8 heteroatoms. The zero-order valence-electron chi connectivity index (χ0n) is 15.7. The first kappa shape index (κ1) is 20.4. The number of hydrogen-bond acceptors (Lipinski definition) is 3. The predicted octanol–water partition coefficient (Wildman–Crippen LogP) is 4.50. The van der Waals surface area contributed by atoms with Crippen LogP contribution in [0, 0.1) is 11.3 Å². The van der Waals surface area contributed by atoms with E-state index in [-0.39, 0.29) is 5.69 Å². The number of alkyl halides is 3. The van der Waals surface area contributed by atoms with Crippen molar-refractivity contribution in [2.45, 2.75) is 32.2 Å². The maximum Gasteiger partial charge on any atom is 0.416 e. The summed E-state index contributed by atoms with van der Waals surface area (Å²) in [7, 11) is 0. The van der Waals surface area contributed by atoms with Crippen LogP contribution in [0.1, 0.15) is 36.6 Å². The lowest BCUT2D eigenvalue weighted by molar-refractivity contribution is -0.137. The van der Waals surface area contributed by atoms with Gasteiger partial charge in [-0.3, -0.25) is 4.90 Å². The molecule has 150 valence electrons. The summed E-state index contributed by atoms with van der Waals surface area (Å²) in [5.74, 6) is 0. The molecule has 29 heavy (non-hydrogen) atoms. The topological polar surface area (TPSA) is 76.4 Å². The third kappa shape index (κ3) is 3.96. The van der Waals surface area contributed by atoms with Crippen LogP contribution in [0.25, 0.3) is 0 Å². The van der Waals surface area contributed by atoms with Crippen LogP contribution >= 0.6 is 0 Å². The highest BCUT2D eigenvalue weighted by atomic mass is 19.4. The lowest BCUT2D eigenvalue weighted by Gasteiger charge is -2.37. The number of allylic oxidation sites excluding steroid dienone is 1. The van der Waals surface area contributed by atoms with Gasteiger partial charge in [0.2, 0.25) is 0 Å². The summed E-state index contributed by atoms with van der Waals surface area (Å²) in [6.07, 6.45) is -5.51. The molecule has 1 aliphatic rings. The minimum absolute atomic E-state index is 0.0475.